The predicted molar refractivity (Wildman–Crippen MR) is 148 cm³/mol. The number of amides is 5. The van der Waals surface area contributed by atoms with Gasteiger partial charge in [-0.1, -0.05) is 45.8 Å². The van der Waals surface area contributed by atoms with Gasteiger partial charge in [0.15, 0.2) is 11.5 Å². The lowest BCUT2D eigenvalue weighted by atomic mass is 9.51. The van der Waals surface area contributed by atoms with Crippen molar-refractivity contribution in [1.82, 2.24) is 4.90 Å². The van der Waals surface area contributed by atoms with E-state index in [1.807, 2.05) is 6.08 Å². The lowest BCUT2D eigenvalue weighted by Gasteiger charge is -2.49. The zero-order chi connectivity index (χ0) is 29.4. The van der Waals surface area contributed by atoms with Crippen LogP contribution in [0, 0.1) is 29.1 Å². The molecule has 2 saturated heterocycles. The number of carbonyl (C=O) groups is 5. The number of carbonyl (C=O) groups excluding carboxylic acids is 5. The van der Waals surface area contributed by atoms with Crippen molar-refractivity contribution in [2.24, 2.45) is 29.1 Å². The third kappa shape index (κ3) is 3.64. The summed E-state index contributed by atoms with van der Waals surface area (Å²) in [6.07, 6.45) is 1.06. The van der Waals surface area contributed by atoms with Crippen molar-refractivity contribution in [3.05, 3.63) is 64.1 Å². The highest BCUT2D eigenvalue weighted by atomic mass is 79.9. The Morgan fingerprint density at radius 2 is 1.73 bits per heavy atom. The number of methoxy groups -OCH3 is 2. The van der Waals surface area contributed by atoms with Gasteiger partial charge in [-0.25, -0.2) is 9.69 Å². The van der Waals surface area contributed by atoms with E-state index in [4.69, 9.17) is 9.47 Å². The van der Waals surface area contributed by atoms with Crippen LogP contribution in [0.3, 0.4) is 0 Å². The van der Waals surface area contributed by atoms with Crippen molar-refractivity contribution >= 4 is 51.3 Å². The van der Waals surface area contributed by atoms with E-state index in [0.29, 0.717) is 26.2 Å². The number of anilines is 1. The highest BCUT2D eigenvalue weighted by Gasteiger charge is 2.68. The predicted octanol–water partition coefficient (Wildman–Crippen LogP) is 4.16. The van der Waals surface area contributed by atoms with E-state index in [9.17, 15) is 29.1 Å². The number of phenolic OH excluding ortho intramolecular Hbond substituents is 1. The Morgan fingerprint density at radius 3 is 2.39 bits per heavy atom. The van der Waals surface area contributed by atoms with Gasteiger partial charge in [0.05, 0.1) is 43.1 Å². The number of halogens is 1. The fraction of sp³-hybridized carbons (Fsp3) is 0.367. The Hall–Kier alpha value is -3.99. The summed E-state index contributed by atoms with van der Waals surface area (Å²) in [5.41, 5.74) is 0.117. The fourth-order valence-corrected chi connectivity index (χ4v) is 7.88. The molecular formula is C30H27BrN2O8. The molecular weight excluding hydrogens is 596 g/mol. The van der Waals surface area contributed by atoms with Crippen LogP contribution in [0.2, 0.25) is 0 Å². The van der Waals surface area contributed by atoms with Gasteiger partial charge in [0.25, 0.3) is 0 Å². The molecule has 6 rings (SSSR count). The maximum absolute atomic E-state index is 14.4. The van der Waals surface area contributed by atoms with E-state index >= 15 is 0 Å². The third-order valence-corrected chi connectivity index (χ3v) is 9.70. The molecule has 2 aliphatic heterocycles. The number of phenols is 1. The molecule has 41 heavy (non-hydrogen) atoms. The maximum atomic E-state index is 14.4. The van der Waals surface area contributed by atoms with Crippen molar-refractivity contribution in [1.29, 1.82) is 0 Å². The van der Waals surface area contributed by atoms with Gasteiger partial charge in [0.2, 0.25) is 23.6 Å². The van der Waals surface area contributed by atoms with Crippen LogP contribution < -0.4 is 9.64 Å². The number of nitrogens with zero attached hydrogens (tertiary/aromatic N) is 2. The molecule has 0 spiro atoms. The molecule has 5 amide bonds. The van der Waals surface area contributed by atoms with Gasteiger partial charge >= 0.3 is 6.09 Å². The number of imide groups is 4. The van der Waals surface area contributed by atoms with Gasteiger partial charge in [-0.15, -0.1) is 0 Å². The molecule has 2 aromatic carbocycles. The molecule has 4 aliphatic rings. The smallest absolute Gasteiger partial charge is 0.423 e. The number of allylic oxidation sites excluding steroid dienone is 2. The minimum absolute atomic E-state index is 0.119. The fourth-order valence-electron chi connectivity index (χ4n) is 7.42. The average Bonchev–Trinajstić information content (AvgIpc) is 3.33. The zero-order valence-corrected chi connectivity index (χ0v) is 24.1. The summed E-state index contributed by atoms with van der Waals surface area (Å²) in [5.74, 6) is -6.25. The Labute approximate surface area is 244 Å². The first-order valence-electron chi connectivity index (χ1n) is 13.2. The average molecular weight is 623 g/mol. The van der Waals surface area contributed by atoms with Gasteiger partial charge in [0, 0.05) is 16.0 Å². The molecule has 10 nitrogen and oxygen atoms in total. The number of fused-ring (bicyclic) bond motifs is 4. The molecule has 2 aromatic rings. The SMILES string of the molecule is COC(=O)N1C(=O)[C@H]2[C@H](CC=C3[C@H]2C[C@H]2C(=O)N(c4ccccc4)C(=O)[C@@]2(C)[C@H]3c2cc(Br)cc(OC)c2O)C1=O. The molecule has 0 unspecified atom stereocenters. The second-order valence-electron chi connectivity index (χ2n) is 11.0. The summed E-state index contributed by atoms with van der Waals surface area (Å²) >= 11 is 3.47. The molecule has 0 aromatic heterocycles. The maximum Gasteiger partial charge on any atom is 0.423 e. The largest absolute Gasteiger partial charge is 0.504 e. The van der Waals surface area contributed by atoms with Crippen molar-refractivity contribution in [2.45, 2.75) is 25.7 Å². The lowest BCUT2D eigenvalue weighted by Crippen LogP contribution is -2.49. The lowest BCUT2D eigenvalue weighted by molar-refractivity contribution is -0.138. The molecule has 212 valence electrons. The number of para-hydroxylation sites is 1. The van der Waals surface area contributed by atoms with E-state index in [2.05, 4.69) is 15.9 Å². The normalized spacial score (nSPS) is 30.5. The minimum Gasteiger partial charge on any atom is -0.504 e. The van der Waals surface area contributed by atoms with Gasteiger partial charge in [0.1, 0.15) is 0 Å². The van der Waals surface area contributed by atoms with E-state index in [-0.39, 0.29) is 24.3 Å². The monoisotopic (exact) mass is 622 g/mol. The van der Waals surface area contributed by atoms with Crippen LogP contribution in [0.4, 0.5) is 10.5 Å². The van der Waals surface area contributed by atoms with E-state index < -0.39 is 64.7 Å². The highest BCUT2D eigenvalue weighted by Crippen LogP contribution is 2.65. The number of rotatable bonds is 3. The first-order valence-corrected chi connectivity index (χ1v) is 14.0. The molecule has 2 aliphatic carbocycles. The Kier molecular flexibility index (Phi) is 6.33. The Bertz CT molecular complexity index is 1550. The van der Waals surface area contributed by atoms with Crippen molar-refractivity contribution in [2.75, 3.05) is 19.1 Å². The minimum atomic E-state index is -1.33. The molecule has 2 heterocycles. The topological polar surface area (TPSA) is 131 Å². The van der Waals surface area contributed by atoms with Crippen molar-refractivity contribution < 1.29 is 38.6 Å². The van der Waals surface area contributed by atoms with Crippen LogP contribution in [-0.2, 0) is 23.9 Å². The Balaban J connectivity index is 1.56. The summed E-state index contributed by atoms with van der Waals surface area (Å²) < 4.78 is 10.7. The second-order valence-corrected chi connectivity index (χ2v) is 11.9. The number of hydrogen-bond donors (Lipinski definition) is 1. The van der Waals surface area contributed by atoms with Crippen LogP contribution in [0.25, 0.3) is 0 Å². The van der Waals surface area contributed by atoms with Crippen molar-refractivity contribution in [3.8, 4) is 11.5 Å². The third-order valence-electron chi connectivity index (χ3n) is 9.25. The molecule has 1 saturated carbocycles. The quantitative estimate of drug-likeness (QED) is 0.399. The van der Waals surface area contributed by atoms with E-state index in [0.717, 1.165) is 7.11 Å². The summed E-state index contributed by atoms with van der Waals surface area (Å²) in [7, 11) is 2.51. The van der Waals surface area contributed by atoms with Crippen LogP contribution in [-0.4, -0.2) is 53.9 Å². The van der Waals surface area contributed by atoms with Crippen LogP contribution in [0.1, 0.15) is 31.2 Å². The first kappa shape index (κ1) is 27.2. The van der Waals surface area contributed by atoms with Crippen LogP contribution in [0.5, 0.6) is 11.5 Å². The van der Waals surface area contributed by atoms with Crippen molar-refractivity contribution in [3.63, 3.8) is 0 Å². The summed E-state index contributed by atoms with van der Waals surface area (Å²) in [4.78, 5) is 69.4. The van der Waals surface area contributed by atoms with Gasteiger partial charge in [-0.2, -0.15) is 4.90 Å². The number of ether oxygens (including phenoxy) is 2. The van der Waals surface area contributed by atoms with Gasteiger partial charge < -0.3 is 14.6 Å². The molecule has 0 radical (unpaired) electrons. The number of hydrogen-bond acceptors (Lipinski definition) is 8. The molecule has 3 fully saturated rings. The standard InChI is InChI=1S/C30H27BrN2O8/c1-30-20(26(36)32(28(30)38)15-7-5-4-6-8-15)13-18-16(23(30)19-11-14(31)12-21(40-2)24(19)34)9-10-17-22(18)27(37)33(25(17)35)29(39)41-3/h4-9,11-12,17-18,20,22-23,34H,10,13H2,1-3H3/t17-,18+,20-,22-,23+,30+/m0/s1. The zero-order valence-electron chi connectivity index (χ0n) is 22.5. The summed E-state index contributed by atoms with van der Waals surface area (Å²) in [6, 6.07) is 11.9. The second kappa shape index (κ2) is 9.54. The molecule has 0 bridgehead atoms. The van der Waals surface area contributed by atoms with Crippen LogP contribution >= 0.6 is 15.9 Å². The summed E-state index contributed by atoms with van der Waals surface area (Å²) in [5, 5.41) is 11.4. The van der Waals surface area contributed by atoms with E-state index in [1.54, 1.807) is 49.4 Å². The highest BCUT2D eigenvalue weighted by molar-refractivity contribution is 9.10. The number of likely N-dealkylation sites (tertiary alicyclic amines) is 1. The molecule has 11 heteroatoms. The van der Waals surface area contributed by atoms with E-state index in [1.165, 1.54) is 12.0 Å². The Morgan fingerprint density at radius 1 is 1.02 bits per heavy atom. The van der Waals surface area contributed by atoms with Gasteiger partial charge in [-0.05, 0) is 49.9 Å². The number of aromatic hydroxyl groups is 1. The van der Waals surface area contributed by atoms with Gasteiger partial charge in [-0.3, -0.25) is 19.2 Å². The van der Waals surface area contributed by atoms with Crippen LogP contribution in [0.15, 0.2) is 58.6 Å². The summed E-state index contributed by atoms with van der Waals surface area (Å²) in [6.45, 7) is 1.73. The molecule has 1 N–H and O–H groups in total. The molecule has 6 atom stereocenters. The first-order chi connectivity index (χ1) is 19.6. The number of benzene rings is 2.